The molecule has 0 saturated carbocycles. The molecule has 1 heterocycles. The molecular formula is C18H20N2O3. The fourth-order valence-corrected chi connectivity index (χ4v) is 2.00. The smallest absolute Gasteiger partial charge is 0.265 e. The van der Waals surface area contributed by atoms with Gasteiger partial charge in [0.2, 0.25) is 0 Å². The van der Waals surface area contributed by atoms with Gasteiger partial charge >= 0.3 is 0 Å². The van der Waals surface area contributed by atoms with Gasteiger partial charge in [-0.15, -0.1) is 0 Å². The lowest BCUT2D eigenvalue weighted by atomic mass is 9.87. The summed E-state index contributed by atoms with van der Waals surface area (Å²) >= 11 is 0. The summed E-state index contributed by atoms with van der Waals surface area (Å²) in [5, 5.41) is 2.52. The minimum atomic E-state index is -0.735. The van der Waals surface area contributed by atoms with Crippen molar-refractivity contribution in [3.8, 4) is 0 Å². The van der Waals surface area contributed by atoms with Crippen molar-refractivity contribution in [3.63, 3.8) is 0 Å². The molecule has 1 aromatic heterocycles. The summed E-state index contributed by atoms with van der Waals surface area (Å²) in [6, 6.07) is 10.6. The highest BCUT2D eigenvalue weighted by Gasteiger charge is 2.16. The van der Waals surface area contributed by atoms with Crippen LogP contribution >= 0.6 is 0 Å². The molecule has 0 fully saturated rings. The molecule has 120 valence electrons. The Morgan fingerprint density at radius 1 is 1.13 bits per heavy atom. The van der Waals surface area contributed by atoms with Gasteiger partial charge in [-0.3, -0.25) is 9.59 Å². The van der Waals surface area contributed by atoms with Gasteiger partial charge in [0.15, 0.2) is 0 Å². The summed E-state index contributed by atoms with van der Waals surface area (Å²) in [6.07, 6.45) is 2.86. The predicted octanol–water partition coefficient (Wildman–Crippen LogP) is 2.83. The number of furan rings is 1. The van der Waals surface area contributed by atoms with E-state index in [-0.39, 0.29) is 11.1 Å². The molecular weight excluding hydrogens is 292 g/mol. The maximum atomic E-state index is 12.3. The van der Waals surface area contributed by atoms with Crippen LogP contribution in [0.5, 0.6) is 0 Å². The standard InChI is InChI=1S/C18H20N2O3/c1-18(2,3)13-8-6-12(7-9-13)17(22)20-15(16(19)21)11-14-5-4-10-23-14/h4-11H,1-3H3,(H2,19,21)(H,20,22)/b15-11+. The van der Waals surface area contributed by atoms with Crippen LogP contribution in [0.3, 0.4) is 0 Å². The van der Waals surface area contributed by atoms with Crippen LogP contribution in [-0.2, 0) is 10.2 Å². The van der Waals surface area contributed by atoms with E-state index in [1.165, 1.54) is 12.3 Å². The van der Waals surface area contributed by atoms with Crippen molar-refractivity contribution in [2.75, 3.05) is 0 Å². The van der Waals surface area contributed by atoms with Crippen molar-refractivity contribution >= 4 is 17.9 Å². The Morgan fingerprint density at radius 3 is 2.26 bits per heavy atom. The van der Waals surface area contributed by atoms with E-state index in [9.17, 15) is 9.59 Å². The largest absolute Gasteiger partial charge is 0.465 e. The summed E-state index contributed by atoms with van der Waals surface area (Å²) in [5.41, 5.74) is 6.85. The van der Waals surface area contributed by atoms with Crippen molar-refractivity contribution in [2.24, 2.45) is 5.73 Å². The van der Waals surface area contributed by atoms with Gasteiger partial charge in [-0.25, -0.2) is 0 Å². The Bertz CT molecular complexity index is 721. The van der Waals surface area contributed by atoms with E-state index in [0.29, 0.717) is 11.3 Å². The first-order chi connectivity index (χ1) is 10.8. The molecule has 0 bridgehead atoms. The van der Waals surface area contributed by atoms with Crippen molar-refractivity contribution in [1.82, 2.24) is 5.32 Å². The molecule has 0 spiro atoms. The lowest BCUT2D eigenvalue weighted by molar-refractivity contribution is -0.114. The van der Waals surface area contributed by atoms with Crippen molar-refractivity contribution < 1.29 is 14.0 Å². The first-order valence-electron chi connectivity index (χ1n) is 7.24. The second-order valence-electron chi connectivity index (χ2n) is 6.22. The van der Waals surface area contributed by atoms with E-state index in [1.54, 1.807) is 24.3 Å². The summed E-state index contributed by atoms with van der Waals surface area (Å²) in [4.78, 5) is 23.7. The van der Waals surface area contributed by atoms with E-state index >= 15 is 0 Å². The fourth-order valence-electron chi connectivity index (χ4n) is 2.00. The number of hydrogen-bond acceptors (Lipinski definition) is 3. The number of hydrogen-bond donors (Lipinski definition) is 2. The first-order valence-corrected chi connectivity index (χ1v) is 7.24. The molecule has 0 atom stereocenters. The van der Waals surface area contributed by atoms with Gasteiger partial charge in [0.25, 0.3) is 11.8 Å². The molecule has 2 aromatic rings. The third-order valence-corrected chi connectivity index (χ3v) is 3.36. The van der Waals surface area contributed by atoms with Gasteiger partial charge in [0.1, 0.15) is 11.5 Å². The van der Waals surface area contributed by atoms with Gasteiger partial charge in [0.05, 0.1) is 6.26 Å². The third kappa shape index (κ3) is 4.32. The van der Waals surface area contributed by atoms with Gasteiger partial charge < -0.3 is 15.5 Å². The number of rotatable bonds is 4. The molecule has 0 aliphatic heterocycles. The lowest BCUT2D eigenvalue weighted by Crippen LogP contribution is -2.31. The molecule has 0 aliphatic rings. The van der Waals surface area contributed by atoms with E-state index in [0.717, 1.165) is 5.56 Å². The third-order valence-electron chi connectivity index (χ3n) is 3.36. The molecule has 0 aliphatic carbocycles. The van der Waals surface area contributed by atoms with Crippen LogP contribution in [0.2, 0.25) is 0 Å². The van der Waals surface area contributed by atoms with Crippen molar-refractivity contribution in [2.45, 2.75) is 26.2 Å². The highest BCUT2D eigenvalue weighted by molar-refractivity contribution is 6.04. The van der Waals surface area contributed by atoms with E-state index < -0.39 is 11.8 Å². The number of carbonyl (C=O) groups is 2. The van der Waals surface area contributed by atoms with Gasteiger partial charge in [-0.1, -0.05) is 32.9 Å². The van der Waals surface area contributed by atoms with Crippen LogP contribution in [-0.4, -0.2) is 11.8 Å². The topological polar surface area (TPSA) is 85.3 Å². The zero-order chi connectivity index (χ0) is 17.0. The first kappa shape index (κ1) is 16.5. The monoisotopic (exact) mass is 312 g/mol. The summed E-state index contributed by atoms with van der Waals surface area (Å²) in [6.45, 7) is 6.29. The number of amides is 2. The Morgan fingerprint density at radius 2 is 1.78 bits per heavy atom. The van der Waals surface area contributed by atoms with Gasteiger partial charge in [-0.2, -0.15) is 0 Å². The molecule has 23 heavy (non-hydrogen) atoms. The molecule has 0 unspecified atom stereocenters. The number of benzene rings is 1. The Kier molecular flexibility index (Phi) is 4.69. The highest BCUT2D eigenvalue weighted by atomic mass is 16.3. The molecule has 2 rings (SSSR count). The summed E-state index contributed by atoms with van der Waals surface area (Å²) < 4.78 is 5.12. The van der Waals surface area contributed by atoms with Crippen LogP contribution < -0.4 is 11.1 Å². The Labute approximate surface area is 135 Å². The summed E-state index contributed by atoms with van der Waals surface area (Å²) in [7, 11) is 0. The highest BCUT2D eigenvalue weighted by Crippen LogP contribution is 2.22. The minimum Gasteiger partial charge on any atom is -0.465 e. The van der Waals surface area contributed by atoms with Crippen LogP contribution in [0.4, 0.5) is 0 Å². The van der Waals surface area contributed by atoms with Gasteiger partial charge in [0, 0.05) is 11.6 Å². The van der Waals surface area contributed by atoms with Crippen LogP contribution in [0, 0.1) is 0 Å². The van der Waals surface area contributed by atoms with E-state index in [1.807, 2.05) is 12.1 Å². The molecule has 1 aromatic carbocycles. The maximum absolute atomic E-state index is 12.3. The molecule has 2 amide bonds. The Balaban J connectivity index is 2.18. The maximum Gasteiger partial charge on any atom is 0.265 e. The zero-order valence-electron chi connectivity index (χ0n) is 13.4. The van der Waals surface area contributed by atoms with Crippen LogP contribution in [0.1, 0.15) is 42.5 Å². The van der Waals surface area contributed by atoms with E-state index in [4.69, 9.17) is 10.2 Å². The minimum absolute atomic E-state index is 0.00653. The van der Waals surface area contributed by atoms with Crippen molar-refractivity contribution in [3.05, 3.63) is 65.2 Å². The molecule has 0 radical (unpaired) electrons. The molecule has 5 heteroatoms. The average Bonchev–Trinajstić information content (AvgIpc) is 2.98. The normalized spacial score (nSPS) is 12.0. The lowest BCUT2D eigenvalue weighted by Gasteiger charge is -2.19. The number of nitrogens with one attached hydrogen (secondary N) is 1. The fraction of sp³-hybridized carbons (Fsp3) is 0.222. The number of carbonyl (C=O) groups excluding carboxylic acids is 2. The second-order valence-corrected chi connectivity index (χ2v) is 6.22. The predicted molar refractivity (Wildman–Crippen MR) is 88.5 cm³/mol. The molecule has 5 nitrogen and oxygen atoms in total. The van der Waals surface area contributed by atoms with Gasteiger partial charge in [-0.05, 0) is 35.2 Å². The molecule has 3 N–H and O–H groups in total. The quantitative estimate of drug-likeness (QED) is 0.851. The average molecular weight is 312 g/mol. The molecule has 0 saturated heterocycles. The number of primary amides is 1. The SMILES string of the molecule is CC(C)(C)c1ccc(C(=O)N/C(=C/c2ccco2)C(N)=O)cc1. The van der Waals surface area contributed by atoms with Crippen LogP contribution in [0.25, 0.3) is 6.08 Å². The zero-order valence-corrected chi connectivity index (χ0v) is 13.4. The second kappa shape index (κ2) is 6.52. The summed E-state index contributed by atoms with van der Waals surface area (Å²) in [5.74, 6) is -0.703. The number of nitrogens with two attached hydrogens (primary N) is 1. The van der Waals surface area contributed by atoms with Crippen LogP contribution in [0.15, 0.2) is 52.8 Å². The Hall–Kier alpha value is -2.82. The van der Waals surface area contributed by atoms with Crippen molar-refractivity contribution in [1.29, 1.82) is 0 Å². The van der Waals surface area contributed by atoms with E-state index in [2.05, 4.69) is 26.1 Å².